The molecule has 0 aliphatic heterocycles. The van der Waals surface area contributed by atoms with E-state index in [1.165, 1.54) is 6.07 Å². The minimum atomic E-state index is -3.90. The first-order valence-corrected chi connectivity index (χ1v) is 6.23. The molecule has 86 valence electrons. The van der Waals surface area contributed by atoms with E-state index in [2.05, 4.69) is 0 Å². The van der Waals surface area contributed by atoms with Crippen LogP contribution in [-0.2, 0) is 17.1 Å². The number of aromatic nitrogens is 1. The summed E-state index contributed by atoms with van der Waals surface area (Å²) in [6.07, 6.45) is 1.56. The fourth-order valence-electron chi connectivity index (χ4n) is 1.66. The van der Waals surface area contributed by atoms with E-state index in [1.54, 1.807) is 17.8 Å². The van der Waals surface area contributed by atoms with Gasteiger partial charge in [0.1, 0.15) is 10.6 Å². The zero-order valence-electron chi connectivity index (χ0n) is 8.31. The van der Waals surface area contributed by atoms with Crippen molar-refractivity contribution >= 4 is 32.5 Å². The monoisotopic (exact) mass is 260 g/mol. The first-order valence-electron chi connectivity index (χ1n) is 4.31. The number of aromatic hydroxyl groups is 1. The van der Waals surface area contributed by atoms with Crippen molar-refractivity contribution in [3.63, 3.8) is 0 Å². The SMILES string of the molecule is Cn1cc(Cl)c2cc(O)cc(S(N)(=O)=O)c21. The zero-order valence-corrected chi connectivity index (χ0v) is 9.88. The molecule has 0 fully saturated rings. The number of hydrogen-bond donors (Lipinski definition) is 2. The molecule has 3 N–H and O–H groups in total. The van der Waals surface area contributed by atoms with E-state index in [0.29, 0.717) is 15.9 Å². The number of primary sulfonamides is 1. The fourth-order valence-corrected chi connectivity index (χ4v) is 2.76. The summed E-state index contributed by atoms with van der Waals surface area (Å²) in [5.74, 6) is -0.190. The molecule has 0 spiro atoms. The lowest BCUT2D eigenvalue weighted by Crippen LogP contribution is -2.13. The number of sulfonamides is 1. The molecule has 0 saturated heterocycles. The highest BCUT2D eigenvalue weighted by molar-refractivity contribution is 7.89. The van der Waals surface area contributed by atoms with Crippen LogP contribution in [0.1, 0.15) is 0 Å². The topological polar surface area (TPSA) is 85.3 Å². The zero-order chi connectivity index (χ0) is 12.1. The fraction of sp³-hybridized carbons (Fsp3) is 0.111. The Labute approximate surface area is 97.1 Å². The van der Waals surface area contributed by atoms with E-state index in [0.717, 1.165) is 6.07 Å². The van der Waals surface area contributed by atoms with Gasteiger partial charge >= 0.3 is 0 Å². The first-order chi connectivity index (χ1) is 7.30. The van der Waals surface area contributed by atoms with Gasteiger partial charge < -0.3 is 9.67 Å². The summed E-state index contributed by atoms with van der Waals surface area (Å²) >= 11 is 5.90. The summed E-state index contributed by atoms with van der Waals surface area (Å²) in [6, 6.07) is 2.50. The smallest absolute Gasteiger partial charge is 0.240 e. The predicted octanol–water partition coefficient (Wildman–Crippen LogP) is 1.18. The molecule has 0 amide bonds. The largest absolute Gasteiger partial charge is 0.508 e. The summed E-state index contributed by atoms with van der Waals surface area (Å²) in [7, 11) is -2.25. The molecule has 1 aromatic carbocycles. The van der Waals surface area contributed by atoms with Crippen LogP contribution in [0, 0.1) is 0 Å². The third kappa shape index (κ3) is 1.64. The van der Waals surface area contributed by atoms with Gasteiger partial charge in [-0.15, -0.1) is 0 Å². The van der Waals surface area contributed by atoms with Gasteiger partial charge in [-0.05, 0) is 6.07 Å². The second-order valence-corrected chi connectivity index (χ2v) is 5.41. The Morgan fingerprint density at radius 2 is 2.06 bits per heavy atom. The average Bonchev–Trinajstić information content (AvgIpc) is 2.40. The second kappa shape index (κ2) is 3.38. The number of phenols is 1. The van der Waals surface area contributed by atoms with Crippen LogP contribution in [-0.4, -0.2) is 18.1 Å². The molecule has 1 aromatic heterocycles. The minimum Gasteiger partial charge on any atom is -0.508 e. The van der Waals surface area contributed by atoms with Crippen molar-refractivity contribution in [1.29, 1.82) is 0 Å². The standard InChI is InChI=1S/C9H9ClN2O3S/c1-12-4-7(10)6-2-5(13)3-8(9(6)12)16(11,14)15/h2-4,13H,1H3,(H2,11,14,15). The van der Waals surface area contributed by atoms with Crippen LogP contribution >= 0.6 is 11.6 Å². The van der Waals surface area contributed by atoms with E-state index in [1.807, 2.05) is 0 Å². The van der Waals surface area contributed by atoms with Gasteiger partial charge in [-0.3, -0.25) is 0 Å². The van der Waals surface area contributed by atoms with Gasteiger partial charge in [0.2, 0.25) is 10.0 Å². The molecular formula is C9H9ClN2O3S. The van der Waals surface area contributed by atoms with Crippen LogP contribution in [0.3, 0.4) is 0 Å². The van der Waals surface area contributed by atoms with Gasteiger partial charge in [0.05, 0.1) is 10.5 Å². The molecule has 5 nitrogen and oxygen atoms in total. The molecule has 7 heteroatoms. The molecule has 0 aliphatic rings. The van der Waals surface area contributed by atoms with Gasteiger partial charge in [-0.1, -0.05) is 11.6 Å². The molecule has 0 aliphatic carbocycles. The van der Waals surface area contributed by atoms with Gasteiger partial charge in [-0.25, -0.2) is 13.6 Å². The number of nitrogens with zero attached hydrogens (tertiary/aromatic N) is 1. The molecule has 2 aromatic rings. The van der Waals surface area contributed by atoms with Crippen LogP contribution in [0.15, 0.2) is 23.2 Å². The quantitative estimate of drug-likeness (QED) is 0.807. The summed E-state index contributed by atoms with van der Waals surface area (Å²) in [5, 5.41) is 15.3. The van der Waals surface area contributed by atoms with E-state index in [-0.39, 0.29) is 10.6 Å². The maximum Gasteiger partial charge on any atom is 0.240 e. The van der Waals surface area contributed by atoms with Gasteiger partial charge in [0.15, 0.2) is 0 Å². The second-order valence-electron chi connectivity index (χ2n) is 3.47. The molecule has 0 unspecified atom stereocenters. The van der Waals surface area contributed by atoms with Crippen molar-refractivity contribution < 1.29 is 13.5 Å². The molecule has 0 atom stereocenters. The molecule has 0 bridgehead atoms. The highest BCUT2D eigenvalue weighted by Crippen LogP contribution is 2.33. The summed E-state index contributed by atoms with van der Waals surface area (Å²) < 4.78 is 24.3. The molecule has 2 rings (SSSR count). The van der Waals surface area contributed by atoms with Crippen LogP contribution < -0.4 is 5.14 Å². The number of hydrogen-bond acceptors (Lipinski definition) is 3. The molecule has 1 heterocycles. The average molecular weight is 261 g/mol. The number of phenolic OH excluding ortho intramolecular Hbond substituents is 1. The van der Waals surface area contributed by atoms with Crippen molar-refractivity contribution in [2.45, 2.75) is 4.90 Å². The van der Waals surface area contributed by atoms with E-state index in [4.69, 9.17) is 16.7 Å². The van der Waals surface area contributed by atoms with Crippen molar-refractivity contribution in [2.75, 3.05) is 0 Å². The number of aryl methyl sites for hydroxylation is 1. The summed E-state index contributed by atoms with van der Waals surface area (Å²) in [5.41, 5.74) is 0.380. The Morgan fingerprint density at radius 1 is 1.44 bits per heavy atom. The Hall–Kier alpha value is -1.24. The first kappa shape index (κ1) is 11.3. The van der Waals surface area contributed by atoms with Crippen LogP contribution in [0.4, 0.5) is 0 Å². The van der Waals surface area contributed by atoms with Crippen molar-refractivity contribution in [1.82, 2.24) is 4.57 Å². The predicted molar refractivity (Wildman–Crippen MR) is 61.0 cm³/mol. The van der Waals surface area contributed by atoms with Crippen molar-refractivity contribution in [3.05, 3.63) is 23.4 Å². The summed E-state index contributed by atoms with van der Waals surface area (Å²) in [4.78, 5) is -0.142. The lowest BCUT2D eigenvalue weighted by molar-refractivity contribution is 0.474. The lowest BCUT2D eigenvalue weighted by Gasteiger charge is -2.04. The van der Waals surface area contributed by atoms with Crippen LogP contribution in [0.25, 0.3) is 10.9 Å². The van der Waals surface area contributed by atoms with E-state index >= 15 is 0 Å². The number of fused-ring (bicyclic) bond motifs is 1. The van der Waals surface area contributed by atoms with Crippen LogP contribution in [0.5, 0.6) is 5.75 Å². The van der Waals surface area contributed by atoms with Gasteiger partial charge in [-0.2, -0.15) is 0 Å². The Balaban J connectivity index is 3.04. The van der Waals surface area contributed by atoms with E-state index in [9.17, 15) is 13.5 Å². The van der Waals surface area contributed by atoms with Crippen molar-refractivity contribution in [3.8, 4) is 5.75 Å². The third-order valence-corrected chi connectivity index (χ3v) is 3.51. The molecule has 16 heavy (non-hydrogen) atoms. The molecule has 0 radical (unpaired) electrons. The molecular weight excluding hydrogens is 252 g/mol. The maximum atomic E-state index is 11.4. The Bertz CT molecular complexity index is 676. The minimum absolute atomic E-state index is 0.142. The van der Waals surface area contributed by atoms with Gasteiger partial charge in [0, 0.05) is 24.7 Å². The van der Waals surface area contributed by atoms with Crippen molar-refractivity contribution in [2.24, 2.45) is 12.2 Å². The Morgan fingerprint density at radius 3 is 2.62 bits per heavy atom. The van der Waals surface area contributed by atoms with Gasteiger partial charge in [0.25, 0.3) is 0 Å². The third-order valence-electron chi connectivity index (χ3n) is 2.28. The highest BCUT2D eigenvalue weighted by Gasteiger charge is 2.18. The number of nitrogens with two attached hydrogens (primary N) is 1. The summed E-state index contributed by atoms with van der Waals surface area (Å²) in [6.45, 7) is 0. The Kier molecular flexibility index (Phi) is 2.37. The van der Waals surface area contributed by atoms with E-state index < -0.39 is 10.0 Å². The normalized spacial score (nSPS) is 12.2. The molecule has 0 saturated carbocycles. The lowest BCUT2D eigenvalue weighted by atomic mass is 10.2. The maximum absolute atomic E-state index is 11.4. The number of rotatable bonds is 1. The van der Waals surface area contributed by atoms with Crippen LogP contribution in [0.2, 0.25) is 5.02 Å². The number of halogens is 1. The highest BCUT2D eigenvalue weighted by atomic mass is 35.5. The number of benzene rings is 1.